The molecular weight excluding hydrogens is 406 g/mol. The molecule has 2 fully saturated rings. The number of nitrogens with one attached hydrogen (secondary N) is 1. The monoisotopic (exact) mass is 435 g/mol. The second kappa shape index (κ2) is 9.79. The molecule has 0 aliphatic carbocycles. The number of para-hydroxylation sites is 1. The molecule has 2 aliphatic heterocycles. The molecule has 2 saturated heterocycles. The van der Waals surface area contributed by atoms with E-state index < -0.39 is 0 Å². The number of fused-ring (bicyclic) bond motifs is 1. The topological polar surface area (TPSA) is 83.0 Å². The summed E-state index contributed by atoms with van der Waals surface area (Å²) in [5, 5.41) is 15.6. The number of phenolic OH excluding ortho intramolecular Hbond substituents is 1. The Hall–Kier alpha value is -2.78. The minimum atomic E-state index is 0.376. The molecule has 168 valence electrons. The molecule has 0 spiro atoms. The zero-order valence-corrected chi connectivity index (χ0v) is 18.2. The summed E-state index contributed by atoms with van der Waals surface area (Å²) in [7, 11) is 0. The molecule has 0 unspecified atom stereocenters. The van der Waals surface area contributed by atoms with E-state index in [1.54, 1.807) is 6.33 Å². The third kappa shape index (κ3) is 4.83. The van der Waals surface area contributed by atoms with E-state index in [2.05, 4.69) is 25.1 Å². The zero-order chi connectivity index (χ0) is 21.8. The first kappa shape index (κ1) is 21.1. The fraction of sp³-hybridized carbons (Fsp3) is 0.417. The standard InChI is InChI=1S/C24H29N5O3/c30-23-18(15-28-5-9-31-10-6-28)13-20(14-19(23)16-29-7-11-32-12-8-29)27-24-21-3-1-2-4-22(21)25-17-26-24/h1-4,13-14,17,30H,5-12,15-16H2,(H,25,26,27). The summed E-state index contributed by atoms with van der Waals surface area (Å²) >= 11 is 0. The van der Waals surface area contributed by atoms with Crippen LogP contribution < -0.4 is 5.32 Å². The van der Waals surface area contributed by atoms with E-state index in [9.17, 15) is 5.11 Å². The lowest BCUT2D eigenvalue weighted by Gasteiger charge is -2.29. The predicted molar refractivity (Wildman–Crippen MR) is 123 cm³/mol. The van der Waals surface area contributed by atoms with E-state index in [0.717, 1.165) is 86.1 Å². The molecule has 5 rings (SSSR count). The van der Waals surface area contributed by atoms with Crippen LogP contribution in [0.1, 0.15) is 11.1 Å². The second-order valence-corrected chi connectivity index (χ2v) is 8.28. The fourth-order valence-electron chi connectivity index (χ4n) is 4.31. The van der Waals surface area contributed by atoms with Gasteiger partial charge in [0.05, 0.1) is 31.9 Å². The van der Waals surface area contributed by atoms with Crippen LogP contribution in [0.5, 0.6) is 5.75 Å². The molecule has 8 nitrogen and oxygen atoms in total. The second-order valence-electron chi connectivity index (χ2n) is 8.28. The number of morpholine rings is 2. The molecule has 2 aliphatic rings. The Kier molecular flexibility index (Phi) is 6.45. The van der Waals surface area contributed by atoms with E-state index in [1.807, 2.05) is 36.4 Å². The summed E-state index contributed by atoms with van der Waals surface area (Å²) in [6.07, 6.45) is 1.58. The van der Waals surface area contributed by atoms with Gasteiger partial charge in [-0.3, -0.25) is 9.80 Å². The van der Waals surface area contributed by atoms with Crippen LogP contribution in [-0.4, -0.2) is 77.5 Å². The van der Waals surface area contributed by atoms with Crippen LogP contribution in [0.25, 0.3) is 10.9 Å². The highest BCUT2D eigenvalue weighted by molar-refractivity contribution is 5.90. The molecule has 8 heteroatoms. The Labute approximate surface area is 187 Å². The fourth-order valence-corrected chi connectivity index (χ4v) is 4.31. The first-order valence-corrected chi connectivity index (χ1v) is 11.2. The average molecular weight is 436 g/mol. The Morgan fingerprint density at radius 3 is 2.06 bits per heavy atom. The Bertz CT molecular complexity index is 1020. The number of phenols is 1. The largest absolute Gasteiger partial charge is 0.507 e. The number of benzene rings is 2. The number of nitrogens with zero attached hydrogens (tertiary/aromatic N) is 4. The van der Waals surface area contributed by atoms with Crippen LogP contribution in [0.2, 0.25) is 0 Å². The maximum atomic E-state index is 11.1. The molecule has 0 bridgehead atoms. The summed E-state index contributed by atoms with van der Waals surface area (Å²) in [4.78, 5) is 13.5. The molecule has 32 heavy (non-hydrogen) atoms. The maximum Gasteiger partial charge on any atom is 0.141 e. The van der Waals surface area contributed by atoms with Crippen LogP contribution in [0, 0.1) is 0 Å². The van der Waals surface area contributed by atoms with Crippen LogP contribution in [-0.2, 0) is 22.6 Å². The Morgan fingerprint density at radius 1 is 0.844 bits per heavy atom. The summed E-state index contributed by atoms with van der Waals surface area (Å²) in [6.45, 7) is 7.76. The lowest BCUT2D eigenvalue weighted by Crippen LogP contribution is -2.36. The highest BCUT2D eigenvalue weighted by Gasteiger charge is 2.19. The van der Waals surface area contributed by atoms with Gasteiger partial charge in [0.2, 0.25) is 0 Å². The Morgan fingerprint density at radius 2 is 1.44 bits per heavy atom. The predicted octanol–water partition coefficient (Wildman–Crippen LogP) is 2.74. The van der Waals surface area contributed by atoms with Crippen molar-refractivity contribution in [1.82, 2.24) is 19.8 Å². The lowest BCUT2D eigenvalue weighted by atomic mass is 10.0. The van der Waals surface area contributed by atoms with Crippen molar-refractivity contribution in [3.05, 3.63) is 53.9 Å². The molecular formula is C24H29N5O3. The number of rotatable bonds is 6. The van der Waals surface area contributed by atoms with Gasteiger partial charge in [0.15, 0.2) is 0 Å². The van der Waals surface area contributed by atoms with Crippen LogP contribution in [0.15, 0.2) is 42.7 Å². The van der Waals surface area contributed by atoms with Crippen LogP contribution in [0.4, 0.5) is 11.5 Å². The summed E-state index contributed by atoms with van der Waals surface area (Å²) in [5.41, 5.74) is 3.64. The van der Waals surface area contributed by atoms with E-state index >= 15 is 0 Å². The molecule has 2 aromatic carbocycles. The van der Waals surface area contributed by atoms with Gasteiger partial charge >= 0.3 is 0 Å². The van der Waals surface area contributed by atoms with Crippen molar-refractivity contribution in [1.29, 1.82) is 0 Å². The Balaban J connectivity index is 1.47. The van der Waals surface area contributed by atoms with Gasteiger partial charge in [-0.2, -0.15) is 0 Å². The summed E-state index contributed by atoms with van der Waals surface area (Å²) in [5.74, 6) is 1.14. The van der Waals surface area contributed by atoms with Crippen molar-refractivity contribution in [3.8, 4) is 5.75 Å². The minimum Gasteiger partial charge on any atom is -0.507 e. The van der Waals surface area contributed by atoms with Crippen LogP contribution in [0.3, 0.4) is 0 Å². The molecule has 0 atom stereocenters. The molecule has 2 N–H and O–H groups in total. The first-order valence-electron chi connectivity index (χ1n) is 11.2. The van der Waals surface area contributed by atoms with Gasteiger partial charge in [0.25, 0.3) is 0 Å². The smallest absolute Gasteiger partial charge is 0.141 e. The number of aromatic nitrogens is 2. The number of aromatic hydroxyl groups is 1. The van der Waals surface area contributed by atoms with E-state index in [1.165, 1.54) is 0 Å². The quantitative estimate of drug-likeness (QED) is 0.572. The van der Waals surface area contributed by atoms with Gasteiger partial charge in [0.1, 0.15) is 17.9 Å². The molecule has 3 aromatic rings. The minimum absolute atomic E-state index is 0.376. The lowest BCUT2D eigenvalue weighted by molar-refractivity contribution is 0.0328. The average Bonchev–Trinajstić information content (AvgIpc) is 2.83. The normalized spacial score (nSPS) is 18.1. The number of ether oxygens (including phenoxy) is 2. The van der Waals surface area contributed by atoms with Gasteiger partial charge in [-0.05, 0) is 24.3 Å². The van der Waals surface area contributed by atoms with Crippen molar-refractivity contribution < 1.29 is 14.6 Å². The summed E-state index contributed by atoms with van der Waals surface area (Å²) < 4.78 is 11.0. The third-order valence-corrected chi connectivity index (χ3v) is 6.07. The van der Waals surface area contributed by atoms with E-state index in [4.69, 9.17) is 9.47 Å². The van der Waals surface area contributed by atoms with Crippen molar-refractivity contribution in [2.75, 3.05) is 57.9 Å². The van der Waals surface area contributed by atoms with Crippen molar-refractivity contribution in [2.24, 2.45) is 0 Å². The van der Waals surface area contributed by atoms with E-state index in [0.29, 0.717) is 18.8 Å². The molecule has 0 radical (unpaired) electrons. The van der Waals surface area contributed by atoms with Crippen LogP contribution >= 0.6 is 0 Å². The van der Waals surface area contributed by atoms with Crippen molar-refractivity contribution >= 4 is 22.4 Å². The highest BCUT2D eigenvalue weighted by atomic mass is 16.5. The van der Waals surface area contributed by atoms with Gasteiger partial charge in [-0.1, -0.05) is 12.1 Å². The van der Waals surface area contributed by atoms with Gasteiger partial charge < -0.3 is 19.9 Å². The first-order chi connectivity index (χ1) is 15.8. The SMILES string of the molecule is Oc1c(CN2CCOCC2)cc(Nc2ncnc3ccccc23)cc1CN1CCOCC1. The zero-order valence-electron chi connectivity index (χ0n) is 18.2. The number of hydrogen-bond donors (Lipinski definition) is 2. The molecule has 0 saturated carbocycles. The highest BCUT2D eigenvalue weighted by Crippen LogP contribution is 2.32. The van der Waals surface area contributed by atoms with Crippen molar-refractivity contribution in [2.45, 2.75) is 13.1 Å². The van der Waals surface area contributed by atoms with Crippen molar-refractivity contribution in [3.63, 3.8) is 0 Å². The van der Waals surface area contributed by atoms with E-state index in [-0.39, 0.29) is 0 Å². The molecule has 0 amide bonds. The number of hydrogen-bond acceptors (Lipinski definition) is 8. The maximum absolute atomic E-state index is 11.1. The van der Waals surface area contributed by atoms with Gasteiger partial charge in [-0.15, -0.1) is 0 Å². The number of anilines is 2. The molecule has 1 aromatic heterocycles. The third-order valence-electron chi connectivity index (χ3n) is 6.07. The van der Waals surface area contributed by atoms with Gasteiger partial charge in [-0.25, -0.2) is 9.97 Å². The summed E-state index contributed by atoms with van der Waals surface area (Å²) in [6, 6.07) is 12.0. The molecule has 3 heterocycles. The van der Waals surface area contributed by atoms with Gasteiger partial charge in [0, 0.05) is 61.5 Å².